The smallest absolute Gasteiger partial charge is 0.191 e. The first-order chi connectivity index (χ1) is 16.4. The Morgan fingerprint density at radius 2 is 2.12 bits per heavy atom. The highest BCUT2D eigenvalue weighted by Crippen LogP contribution is 2.33. The summed E-state index contributed by atoms with van der Waals surface area (Å²) in [5, 5.41) is 17.6. The normalized spacial score (nSPS) is 16.7. The zero-order valence-corrected chi connectivity index (χ0v) is 21.3. The van der Waals surface area contributed by atoms with Gasteiger partial charge in [0.2, 0.25) is 0 Å². The van der Waals surface area contributed by atoms with Gasteiger partial charge in [-0.1, -0.05) is 37.3 Å². The van der Waals surface area contributed by atoms with E-state index < -0.39 is 0 Å². The first-order valence-corrected chi connectivity index (χ1v) is 12.7. The van der Waals surface area contributed by atoms with E-state index in [9.17, 15) is 5.11 Å². The van der Waals surface area contributed by atoms with Gasteiger partial charge in [-0.15, -0.1) is 16.4 Å². The molecule has 8 heteroatoms. The average Bonchev–Trinajstić information content (AvgIpc) is 3.48. The lowest BCUT2D eigenvalue weighted by Gasteiger charge is -2.32. The Hall–Kier alpha value is -2.97. The van der Waals surface area contributed by atoms with Gasteiger partial charge in [-0.25, -0.2) is 9.97 Å². The molecule has 1 aliphatic rings. The fourth-order valence-electron chi connectivity index (χ4n) is 4.28. The van der Waals surface area contributed by atoms with Crippen LogP contribution in [0.1, 0.15) is 45.0 Å². The van der Waals surface area contributed by atoms with Gasteiger partial charge >= 0.3 is 0 Å². The molecular formula is C26H34N6OS. The van der Waals surface area contributed by atoms with E-state index in [2.05, 4.69) is 54.7 Å². The molecule has 0 amide bonds. The molecule has 7 nitrogen and oxygen atoms in total. The summed E-state index contributed by atoms with van der Waals surface area (Å²) in [4.78, 5) is 14.1. The van der Waals surface area contributed by atoms with Crippen molar-refractivity contribution in [1.29, 1.82) is 0 Å². The van der Waals surface area contributed by atoms with E-state index in [-0.39, 0.29) is 6.61 Å². The third-order valence-electron chi connectivity index (χ3n) is 6.15. The van der Waals surface area contributed by atoms with Crippen LogP contribution in [0.2, 0.25) is 0 Å². The third kappa shape index (κ3) is 4.93. The molecule has 1 N–H and O–H groups in total. The van der Waals surface area contributed by atoms with Crippen molar-refractivity contribution >= 4 is 39.3 Å². The lowest BCUT2D eigenvalue weighted by Crippen LogP contribution is -2.37. The van der Waals surface area contributed by atoms with Gasteiger partial charge in [-0.3, -0.25) is 0 Å². The lowest BCUT2D eigenvalue weighted by molar-refractivity contribution is 0.208. The summed E-state index contributed by atoms with van der Waals surface area (Å²) in [7, 11) is 2.02. The van der Waals surface area contributed by atoms with Gasteiger partial charge < -0.3 is 14.9 Å². The molecule has 180 valence electrons. The Balaban J connectivity index is 1.70. The van der Waals surface area contributed by atoms with E-state index in [1.54, 1.807) is 11.3 Å². The summed E-state index contributed by atoms with van der Waals surface area (Å²) < 4.78 is 1.94. The van der Waals surface area contributed by atoms with Gasteiger partial charge in [0, 0.05) is 37.7 Å². The highest BCUT2D eigenvalue weighted by molar-refractivity contribution is 7.13. The molecule has 0 bridgehead atoms. The number of aliphatic hydroxyl groups excluding tert-OH is 1. The number of hydrogen-bond donors (Lipinski definition) is 1. The Morgan fingerprint density at radius 3 is 2.82 bits per heavy atom. The molecule has 0 spiro atoms. The van der Waals surface area contributed by atoms with Gasteiger partial charge in [0.05, 0.1) is 11.4 Å². The maximum absolute atomic E-state index is 9.64. The van der Waals surface area contributed by atoms with Crippen LogP contribution in [0.5, 0.6) is 0 Å². The molecule has 1 fully saturated rings. The Bertz CT molecular complexity index is 1220. The molecule has 0 aliphatic carbocycles. The van der Waals surface area contributed by atoms with Gasteiger partial charge in [0.1, 0.15) is 5.82 Å². The van der Waals surface area contributed by atoms with Crippen LogP contribution in [0.25, 0.3) is 11.2 Å². The van der Waals surface area contributed by atoms with E-state index in [1.807, 2.05) is 29.8 Å². The molecule has 3 aromatic rings. The maximum Gasteiger partial charge on any atom is 0.191 e. The summed E-state index contributed by atoms with van der Waals surface area (Å²) in [5.74, 6) is 2.15. The fraction of sp³-hybridized carbons (Fsp3) is 0.423. The second-order valence-corrected chi connectivity index (χ2v) is 9.82. The molecule has 1 saturated heterocycles. The van der Waals surface area contributed by atoms with Crippen molar-refractivity contribution in [3.8, 4) is 0 Å². The number of anilines is 3. The molecule has 0 radical (unpaired) electrons. The summed E-state index contributed by atoms with van der Waals surface area (Å²) in [5.41, 5.74) is 4.94. The van der Waals surface area contributed by atoms with Crippen molar-refractivity contribution < 1.29 is 5.11 Å². The van der Waals surface area contributed by atoms with E-state index in [0.29, 0.717) is 5.92 Å². The topological polar surface area (TPSA) is 69.8 Å². The highest BCUT2D eigenvalue weighted by Gasteiger charge is 2.23. The minimum absolute atomic E-state index is 0.221. The van der Waals surface area contributed by atoms with Crippen molar-refractivity contribution in [3.05, 3.63) is 59.3 Å². The molecule has 1 aliphatic heterocycles. The van der Waals surface area contributed by atoms with Crippen LogP contribution in [0.15, 0.2) is 47.9 Å². The number of aryl methyl sites for hydroxylation is 1. The van der Waals surface area contributed by atoms with Gasteiger partial charge in [-0.2, -0.15) is 4.52 Å². The van der Waals surface area contributed by atoms with Gasteiger partial charge in [0.25, 0.3) is 0 Å². The molecule has 1 unspecified atom stereocenters. The number of piperidine rings is 1. The van der Waals surface area contributed by atoms with Crippen molar-refractivity contribution in [1.82, 2.24) is 19.6 Å². The first kappa shape index (κ1) is 24.2. The summed E-state index contributed by atoms with van der Waals surface area (Å²) in [6, 6.07) is 4.07. The van der Waals surface area contributed by atoms with Crippen molar-refractivity contribution in [2.45, 2.75) is 40.0 Å². The monoisotopic (exact) mass is 478 g/mol. The maximum atomic E-state index is 9.64. The molecule has 34 heavy (non-hydrogen) atoms. The Kier molecular flexibility index (Phi) is 7.48. The fourth-order valence-corrected chi connectivity index (χ4v) is 5.08. The number of imidazole rings is 1. The second-order valence-electron chi connectivity index (χ2n) is 8.98. The Labute approximate surface area is 205 Å². The van der Waals surface area contributed by atoms with Crippen molar-refractivity contribution in [3.63, 3.8) is 0 Å². The van der Waals surface area contributed by atoms with Crippen LogP contribution in [0, 0.1) is 5.92 Å². The first-order valence-electron chi connectivity index (χ1n) is 11.9. The van der Waals surface area contributed by atoms with Crippen LogP contribution < -0.4 is 9.80 Å². The van der Waals surface area contributed by atoms with Crippen LogP contribution in [-0.2, 0) is 6.42 Å². The second kappa shape index (κ2) is 10.5. The van der Waals surface area contributed by atoms with E-state index in [0.717, 1.165) is 71.7 Å². The number of rotatable bonds is 8. The summed E-state index contributed by atoms with van der Waals surface area (Å²) in [6.45, 7) is 12.2. The number of aliphatic hydroxyl groups is 1. The molecule has 0 aromatic carbocycles. The van der Waals surface area contributed by atoms with Crippen LogP contribution in [0.3, 0.4) is 0 Å². The SMILES string of the molecule is C=C/C(=C\C=C(C)C)c1csc(N(C)c2c(CC)nc3ccc(N4CCCC(CO)C4)nn23)n1. The average molecular weight is 479 g/mol. The van der Waals surface area contributed by atoms with E-state index in [1.165, 1.54) is 5.57 Å². The number of aromatic nitrogens is 4. The molecule has 0 saturated carbocycles. The van der Waals surface area contributed by atoms with Crippen LogP contribution >= 0.6 is 11.3 Å². The number of nitrogens with zero attached hydrogens (tertiary/aromatic N) is 6. The van der Waals surface area contributed by atoms with Crippen LogP contribution in [0.4, 0.5) is 16.8 Å². The molecule has 1 atom stereocenters. The molecule has 4 rings (SSSR count). The predicted molar refractivity (Wildman–Crippen MR) is 142 cm³/mol. The summed E-state index contributed by atoms with van der Waals surface area (Å²) in [6.07, 6.45) is 8.90. The molecule has 3 aromatic heterocycles. The third-order valence-corrected chi connectivity index (χ3v) is 7.07. The molecule has 4 heterocycles. The van der Waals surface area contributed by atoms with Gasteiger partial charge in [-0.05, 0) is 51.2 Å². The van der Waals surface area contributed by atoms with Gasteiger partial charge in [0.15, 0.2) is 16.6 Å². The predicted octanol–water partition coefficient (Wildman–Crippen LogP) is 5.26. The van der Waals surface area contributed by atoms with Crippen molar-refractivity contribution in [2.75, 3.05) is 36.5 Å². The quantitative estimate of drug-likeness (QED) is 0.445. The largest absolute Gasteiger partial charge is 0.396 e. The Morgan fingerprint density at radius 1 is 1.29 bits per heavy atom. The van der Waals surface area contributed by atoms with Crippen LogP contribution in [-0.4, -0.2) is 51.4 Å². The number of allylic oxidation sites excluding steroid dienone is 5. The standard InChI is InChI=1S/C26H34N6OS/c1-6-20(11-10-18(3)4)22-17-34-26(28-22)30(5)25-21(7-2)27-23-12-13-24(29-32(23)25)31-14-8-9-19(15-31)16-33/h6,10-13,17,19,33H,1,7-9,14-16H2,2-5H3/b20-11+. The number of hydrogen-bond acceptors (Lipinski definition) is 7. The van der Waals surface area contributed by atoms with Crippen molar-refractivity contribution in [2.24, 2.45) is 5.92 Å². The zero-order chi connectivity index (χ0) is 24.2. The minimum Gasteiger partial charge on any atom is -0.396 e. The highest BCUT2D eigenvalue weighted by atomic mass is 32.1. The summed E-state index contributed by atoms with van der Waals surface area (Å²) >= 11 is 1.60. The zero-order valence-electron chi connectivity index (χ0n) is 20.5. The molecular weight excluding hydrogens is 444 g/mol. The van der Waals surface area contributed by atoms with E-state index >= 15 is 0 Å². The minimum atomic E-state index is 0.221. The number of fused-ring (bicyclic) bond motifs is 1. The van der Waals surface area contributed by atoms with E-state index in [4.69, 9.17) is 15.1 Å². The lowest BCUT2D eigenvalue weighted by atomic mass is 9.99. The number of thiazole rings is 1.